The molecule has 0 heterocycles. The van der Waals surface area contributed by atoms with Crippen LogP contribution in [0.1, 0.15) is 31.8 Å². The van der Waals surface area contributed by atoms with E-state index < -0.39 is 11.8 Å². The predicted molar refractivity (Wildman–Crippen MR) is 75.1 cm³/mol. The van der Waals surface area contributed by atoms with E-state index in [0.29, 0.717) is 12.0 Å². The number of phenolic OH excluding ortho intramolecular Hbond substituents is 1. The van der Waals surface area contributed by atoms with E-state index in [1.54, 1.807) is 24.3 Å². The molecule has 5 N–H and O–H groups in total. The summed E-state index contributed by atoms with van der Waals surface area (Å²) in [4.78, 5) is 22.5. The lowest BCUT2D eigenvalue weighted by molar-refractivity contribution is 0.0703. The van der Waals surface area contributed by atoms with Crippen molar-refractivity contribution < 1.29 is 19.9 Å². The van der Waals surface area contributed by atoms with Crippen molar-refractivity contribution >= 4 is 11.8 Å². The summed E-state index contributed by atoms with van der Waals surface area (Å²) in [6, 6.07) is 11.3. The lowest BCUT2D eigenvalue weighted by atomic mass is 10.0. The Morgan fingerprint density at radius 2 is 1.81 bits per heavy atom. The van der Waals surface area contributed by atoms with Crippen LogP contribution >= 0.6 is 0 Å². The number of rotatable bonds is 4. The third kappa shape index (κ3) is 3.37. The van der Waals surface area contributed by atoms with E-state index in [2.05, 4.69) is 0 Å². The van der Waals surface area contributed by atoms with Gasteiger partial charge in [-0.2, -0.15) is 0 Å². The van der Waals surface area contributed by atoms with Gasteiger partial charge >= 0.3 is 0 Å². The fourth-order valence-corrected chi connectivity index (χ4v) is 2.01. The molecular formula is C15H14N2O4. The van der Waals surface area contributed by atoms with Gasteiger partial charge in [0.15, 0.2) is 0 Å². The molecule has 0 saturated heterocycles. The summed E-state index contributed by atoms with van der Waals surface area (Å²) < 4.78 is 0. The molecule has 0 atom stereocenters. The van der Waals surface area contributed by atoms with Gasteiger partial charge in [0.1, 0.15) is 5.75 Å². The number of primary amides is 1. The summed E-state index contributed by atoms with van der Waals surface area (Å²) in [6.45, 7) is 0. The molecule has 2 rings (SSSR count). The molecule has 2 aromatic carbocycles. The maximum absolute atomic E-state index is 11.4. The first-order valence-electron chi connectivity index (χ1n) is 6.16. The first kappa shape index (κ1) is 14.5. The molecule has 0 spiro atoms. The van der Waals surface area contributed by atoms with E-state index in [-0.39, 0.29) is 11.3 Å². The number of hydroxylamine groups is 1. The van der Waals surface area contributed by atoms with E-state index in [0.717, 1.165) is 11.1 Å². The summed E-state index contributed by atoms with van der Waals surface area (Å²) in [7, 11) is 0. The number of hydrogen-bond acceptors (Lipinski definition) is 4. The number of nitrogens with one attached hydrogen (secondary N) is 1. The van der Waals surface area contributed by atoms with Crippen LogP contribution in [0.15, 0.2) is 42.5 Å². The van der Waals surface area contributed by atoms with Crippen molar-refractivity contribution in [2.24, 2.45) is 5.73 Å². The van der Waals surface area contributed by atoms with Crippen LogP contribution in [-0.4, -0.2) is 22.1 Å². The van der Waals surface area contributed by atoms with Gasteiger partial charge in [0.05, 0.1) is 5.56 Å². The van der Waals surface area contributed by atoms with Crippen molar-refractivity contribution in [2.45, 2.75) is 6.42 Å². The van der Waals surface area contributed by atoms with Crippen molar-refractivity contribution in [3.05, 3.63) is 64.7 Å². The van der Waals surface area contributed by atoms with Crippen molar-refractivity contribution in [2.75, 3.05) is 0 Å². The average Bonchev–Trinajstić information content (AvgIpc) is 2.48. The number of nitrogens with two attached hydrogens (primary N) is 1. The summed E-state index contributed by atoms with van der Waals surface area (Å²) in [5.41, 5.74) is 8.66. The van der Waals surface area contributed by atoms with Crippen molar-refractivity contribution in [3.8, 4) is 5.75 Å². The molecule has 0 aliphatic rings. The standard InChI is InChI=1S/C15H14N2O4/c16-14(19)11-3-1-2-9(7-11)6-10-4-5-13(18)12(8-10)15(20)17-21/h1-5,7-8,18,21H,6H2,(H2,16,19)(H,17,20). The van der Waals surface area contributed by atoms with Gasteiger partial charge in [0.25, 0.3) is 5.91 Å². The Hall–Kier alpha value is -2.86. The van der Waals surface area contributed by atoms with Gasteiger partial charge in [-0.1, -0.05) is 18.2 Å². The molecular weight excluding hydrogens is 272 g/mol. The van der Waals surface area contributed by atoms with E-state index in [4.69, 9.17) is 10.9 Å². The minimum Gasteiger partial charge on any atom is -0.507 e. The Morgan fingerprint density at radius 3 is 2.48 bits per heavy atom. The molecule has 0 unspecified atom stereocenters. The van der Waals surface area contributed by atoms with Crippen molar-refractivity contribution in [3.63, 3.8) is 0 Å². The second-order valence-corrected chi connectivity index (χ2v) is 4.53. The Morgan fingerprint density at radius 1 is 1.10 bits per heavy atom. The summed E-state index contributed by atoms with van der Waals surface area (Å²) in [6.07, 6.45) is 0.451. The van der Waals surface area contributed by atoms with Crippen LogP contribution in [0.2, 0.25) is 0 Å². The highest BCUT2D eigenvalue weighted by atomic mass is 16.5. The number of carbonyl (C=O) groups excluding carboxylic acids is 2. The minimum atomic E-state index is -0.791. The molecule has 6 nitrogen and oxygen atoms in total. The van der Waals surface area contributed by atoms with Gasteiger partial charge < -0.3 is 10.8 Å². The molecule has 2 amide bonds. The maximum atomic E-state index is 11.4. The maximum Gasteiger partial charge on any atom is 0.278 e. The summed E-state index contributed by atoms with van der Waals surface area (Å²) in [5, 5.41) is 18.2. The Balaban J connectivity index is 2.30. The monoisotopic (exact) mass is 286 g/mol. The van der Waals surface area contributed by atoms with Gasteiger partial charge in [0.2, 0.25) is 5.91 Å². The molecule has 0 aromatic heterocycles. The average molecular weight is 286 g/mol. The highest BCUT2D eigenvalue weighted by Gasteiger charge is 2.11. The lowest BCUT2D eigenvalue weighted by Gasteiger charge is -2.07. The van der Waals surface area contributed by atoms with Crippen LogP contribution in [0.3, 0.4) is 0 Å². The van der Waals surface area contributed by atoms with Gasteiger partial charge in [0, 0.05) is 5.56 Å². The topological polar surface area (TPSA) is 113 Å². The largest absolute Gasteiger partial charge is 0.507 e. The zero-order valence-electron chi connectivity index (χ0n) is 11.0. The zero-order chi connectivity index (χ0) is 15.4. The number of carbonyl (C=O) groups is 2. The fraction of sp³-hybridized carbons (Fsp3) is 0.0667. The normalized spacial score (nSPS) is 10.1. The van der Waals surface area contributed by atoms with Gasteiger partial charge in [-0.05, 0) is 41.8 Å². The highest BCUT2D eigenvalue weighted by molar-refractivity contribution is 5.96. The van der Waals surface area contributed by atoms with Crippen molar-refractivity contribution in [1.82, 2.24) is 5.48 Å². The molecule has 0 aliphatic heterocycles. The van der Waals surface area contributed by atoms with Gasteiger partial charge in [-0.15, -0.1) is 0 Å². The van der Waals surface area contributed by atoms with Gasteiger partial charge in [-0.3, -0.25) is 14.8 Å². The molecule has 0 fully saturated rings. The number of phenols is 1. The minimum absolute atomic E-state index is 0.0268. The number of aromatic hydroxyl groups is 1. The molecule has 0 radical (unpaired) electrons. The molecule has 0 saturated carbocycles. The molecule has 2 aromatic rings. The molecule has 0 bridgehead atoms. The Labute approximate surface area is 120 Å². The van der Waals surface area contributed by atoms with Crippen LogP contribution in [0, 0.1) is 0 Å². The first-order valence-corrected chi connectivity index (χ1v) is 6.16. The molecule has 6 heteroatoms. The summed E-state index contributed by atoms with van der Waals surface area (Å²) >= 11 is 0. The third-order valence-corrected chi connectivity index (χ3v) is 3.03. The smallest absolute Gasteiger partial charge is 0.278 e. The zero-order valence-corrected chi connectivity index (χ0v) is 11.0. The number of hydrogen-bond donors (Lipinski definition) is 4. The molecule has 21 heavy (non-hydrogen) atoms. The van der Waals surface area contributed by atoms with Crippen LogP contribution in [0.4, 0.5) is 0 Å². The van der Waals surface area contributed by atoms with Crippen LogP contribution < -0.4 is 11.2 Å². The van der Waals surface area contributed by atoms with E-state index in [1.165, 1.54) is 17.6 Å². The van der Waals surface area contributed by atoms with Crippen LogP contribution in [-0.2, 0) is 6.42 Å². The van der Waals surface area contributed by atoms with Crippen molar-refractivity contribution in [1.29, 1.82) is 0 Å². The fourth-order valence-electron chi connectivity index (χ4n) is 2.01. The SMILES string of the molecule is NC(=O)c1cccc(Cc2ccc(O)c(C(=O)NO)c2)c1. The molecule has 0 aliphatic carbocycles. The highest BCUT2D eigenvalue weighted by Crippen LogP contribution is 2.20. The number of amides is 2. The quantitative estimate of drug-likeness (QED) is 0.499. The summed E-state index contributed by atoms with van der Waals surface area (Å²) in [5.74, 6) is -1.53. The van der Waals surface area contributed by atoms with Gasteiger partial charge in [-0.25, -0.2) is 5.48 Å². The van der Waals surface area contributed by atoms with Crippen LogP contribution in [0.5, 0.6) is 5.75 Å². The number of benzene rings is 2. The second kappa shape index (κ2) is 6.06. The van der Waals surface area contributed by atoms with Crippen LogP contribution in [0.25, 0.3) is 0 Å². The predicted octanol–water partition coefficient (Wildman–Crippen LogP) is 1.20. The van der Waals surface area contributed by atoms with E-state index in [1.807, 2.05) is 6.07 Å². The Bertz CT molecular complexity index is 698. The van der Waals surface area contributed by atoms with E-state index in [9.17, 15) is 14.7 Å². The van der Waals surface area contributed by atoms with E-state index >= 15 is 0 Å². The first-order chi connectivity index (χ1) is 10.0. The second-order valence-electron chi connectivity index (χ2n) is 4.53. The lowest BCUT2D eigenvalue weighted by Crippen LogP contribution is -2.18. The molecule has 108 valence electrons. The third-order valence-electron chi connectivity index (χ3n) is 3.03. The Kier molecular flexibility index (Phi) is 4.20.